The molecule has 0 saturated heterocycles. The number of anilines is 2. The monoisotopic (exact) mass is 569 g/mol. The third kappa shape index (κ3) is 6.88. The van der Waals surface area contributed by atoms with E-state index in [1.54, 1.807) is 30.5 Å². The van der Waals surface area contributed by atoms with E-state index in [0.717, 1.165) is 35.7 Å². The molecule has 5 rings (SSSR count). The third-order valence-electron chi connectivity index (χ3n) is 6.38. The fourth-order valence-corrected chi connectivity index (χ4v) is 6.22. The maximum Gasteiger partial charge on any atom is 0.232 e. The lowest BCUT2D eigenvalue weighted by Crippen LogP contribution is -2.15. The molecule has 1 aliphatic rings. The Morgan fingerprint density at radius 1 is 0.850 bits per heavy atom. The van der Waals surface area contributed by atoms with E-state index in [2.05, 4.69) is 46.9 Å². The first-order valence-corrected chi connectivity index (χ1v) is 14.2. The Morgan fingerprint density at radius 2 is 1.38 bits per heavy atom. The van der Waals surface area contributed by atoms with Crippen LogP contribution >= 0.6 is 22.7 Å². The molecule has 0 aliphatic heterocycles. The Kier molecular flexibility index (Phi) is 8.44. The lowest BCUT2D eigenvalue weighted by Gasteiger charge is -2.25. The predicted molar refractivity (Wildman–Crippen MR) is 150 cm³/mol. The van der Waals surface area contributed by atoms with E-state index in [9.17, 15) is 9.59 Å². The van der Waals surface area contributed by atoms with Crippen LogP contribution in [0.25, 0.3) is 0 Å². The number of rotatable bonds is 8. The predicted octanol–water partition coefficient (Wildman–Crippen LogP) is 3.84. The average Bonchev–Trinajstić information content (AvgIpc) is 3.64. The summed E-state index contributed by atoms with van der Waals surface area (Å²) in [5.74, 6) is 2.43. The van der Waals surface area contributed by atoms with Crippen LogP contribution in [0.1, 0.15) is 70.0 Å². The van der Waals surface area contributed by atoms with Gasteiger partial charge in [-0.2, -0.15) is 5.26 Å². The summed E-state index contributed by atoms with van der Waals surface area (Å²) in [7, 11) is 0. The summed E-state index contributed by atoms with van der Waals surface area (Å²) >= 11 is 2.76. The summed E-state index contributed by atoms with van der Waals surface area (Å²) in [5, 5.41) is 34.2. The molecule has 4 aromatic rings. The smallest absolute Gasteiger partial charge is 0.232 e. The molecule has 4 heterocycles. The molecule has 2 amide bonds. The van der Waals surface area contributed by atoms with E-state index in [1.807, 2.05) is 6.07 Å². The van der Waals surface area contributed by atoms with E-state index in [4.69, 9.17) is 11.7 Å². The van der Waals surface area contributed by atoms with Crippen LogP contribution in [0.3, 0.4) is 0 Å². The number of carbonyl (C=O) groups is 2. The molecule has 0 bridgehead atoms. The fourth-order valence-electron chi connectivity index (χ4n) is 4.40. The van der Waals surface area contributed by atoms with Crippen molar-refractivity contribution in [2.75, 3.05) is 10.6 Å². The Balaban J connectivity index is 1.14. The second kappa shape index (κ2) is 12.5. The highest BCUT2D eigenvalue weighted by Crippen LogP contribution is 2.43. The molecule has 13 heteroatoms. The van der Waals surface area contributed by atoms with Gasteiger partial charge in [-0.3, -0.25) is 19.6 Å². The highest BCUT2D eigenvalue weighted by molar-refractivity contribution is 7.15. The number of pyridine rings is 2. The Bertz CT molecular complexity index is 1470. The highest BCUT2D eigenvalue weighted by atomic mass is 32.1. The quantitative estimate of drug-likeness (QED) is 0.301. The van der Waals surface area contributed by atoms with Crippen LogP contribution in [-0.4, -0.2) is 42.2 Å². The minimum atomic E-state index is -0.245. The molecule has 200 valence electrons. The Hall–Kier alpha value is -4.59. The SMILES string of the molecule is C#Cc1ccc(CC(=O)Nc2nnc([C@H]3CCC[C@H](c4nnc(NC(=O)Cc5ccc(C#N)cn5)s4)C3)s2)nc1. The highest BCUT2D eigenvalue weighted by Gasteiger charge is 2.29. The van der Waals surface area contributed by atoms with E-state index in [1.165, 1.54) is 28.9 Å². The molecular formula is C27H23N9O2S2. The summed E-state index contributed by atoms with van der Waals surface area (Å²) in [4.78, 5) is 33.2. The zero-order valence-electron chi connectivity index (χ0n) is 21.2. The molecule has 40 heavy (non-hydrogen) atoms. The van der Waals surface area contributed by atoms with Gasteiger partial charge < -0.3 is 10.6 Å². The second-order valence-electron chi connectivity index (χ2n) is 9.23. The third-order valence-corrected chi connectivity index (χ3v) is 8.38. The Labute approximate surface area is 238 Å². The van der Waals surface area contributed by atoms with Crippen molar-refractivity contribution in [3.8, 4) is 18.4 Å². The molecule has 1 aliphatic carbocycles. The standard InChI is InChI=1S/C27H23N9O2S2/c1-2-16-6-8-20(29-14-16)11-22(37)31-26-35-33-24(39-26)18-4-3-5-19(10-18)25-34-36-27(40-25)32-23(38)12-21-9-7-17(13-28)15-30-21/h1,6-9,14-15,18-19H,3-5,10-12H2,(H,31,35,37)(H,32,36,38)/t18-,19-/m0/s1. The first-order chi connectivity index (χ1) is 19.5. The second-order valence-corrected chi connectivity index (χ2v) is 11.3. The number of nitriles is 1. The zero-order chi connectivity index (χ0) is 27.9. The summed E-state index contributed by atoms with van der Waals surface area (Å²) < 4.78 is 0. The van der Waals surface area contributed by atoms with Crippen LogP contribution < -0.4 is 10.6 Å². The summed E-state index contributed by atoms with van der Waals surface area (Å²) in [6.07, 6.45) is 12.3. The van der Waals surface area contributed by atoms with Gasteiger partial charge in [-0.15, -0.1) is 26.8 Å². The van der Waals surface area contributed by atoms with Gasteiger partial charge in [0.05, 0.1) is 18.4 Å². The average molecular weight is 570 g/mol. The topological polar surface area (TPSA) is 159 Å². The lowest BCUT2D eigenvalue weighted by molar-refractivity contribution is -0.116. The van der Waals surface area contributed by atoms with Crippen molar-refractivity contribution in [3.63, 3.8) is 0 Å². The van der Waals surface area contributed by atoms with Gasteiger partial charge in [0, 0.05) is 41.2 Å². The van der Waals surface area contributed by atoms with Crippen molar-refractivity contribution in [2.24, 2.45) is 0 Å². The number of nitrogens with one attached hydrogen (secondary N) is 2. The summed E-state index contributed by atoms with van der Waals surface area (Å²) in [6.45, 7) is 0. The molecule has 1 saturated carbocycles. The molecule has 1 fully saturated rings. The molecule has 2 N–H and O–H groups in total. The number of nitrogens with zero attached hydrogens (tertiary/aromatic N) is 7. The van der Waals surface area contributed by atoms with Crippen molar-refractivity contribution in [1.82, 2.24) is 30.4 Å². The first-order valence-electron chi connectivity index (χ1n) is 12.5. The van der Waals surface area contributed by atoms with Crippen LogP contribution in [0.4, 0.5) is 10.3 Å². The van der Waals surface area contributed by atoms with E-state index in [-0.39, 0.29) is 36.5 Å². The Morgan fingerprint density at radius 3 is 1.82 bits per heavy atom. The van der Waals surface area contributed by atoms with Gasteiger partial charge in [-0.05, 0) is 43.5 Å². The van der Waals surface area contributed by atoms with Gasteiger partial charge in [-0.1, -0.05) is 35.0 Å². The molecule has 0 radical (unpaired) electrons. The van der Waals surface area contributed by atoms with Gasteiger partial charge in [0.2, 0.25) is 22.1 Å². The zero-order valence-corrected chi connectivity index (χ0v) is 22.8. The normalized spacial score (nSPS) is 16.4. The van der Waals surface area contributed by atoms with Crippen LogP contribution in [0, 0.1) is 23.7 Å². The largest absolute Gasteiger partial charge is 0.300 e. The van der Waals surface area contributed by atoms with E-state index < -0.39 is 0 Å². The molecular weight excluding hydrogens is 546 g/mol. The van der Waals surface area contributed by atoms with Gasteiger partial charge in [0.1, 0.15) is 16.1 Å². The van der Waals surface area contributed by atoms with E-state index in [0.29, 0.717) is 32.8 Å². The number of amides is 2. The van der Waals surface area contributed by atoms with Gasteiger partial charge in [0.15, 0.2) is 0 Å². The van der Waals surface area contributed by atoms with E-state index >= 15 is 0 Å². The number of aromatic nitrogens is 6. The minimum Gasteiger partial charge on any atom is -0.300 e. The lowest BCUT2D eigenvalue weighted by atomic mass is 9.82. The maximum atomic E-state index is 12.5. The van der Waals surface area contributed by atoms with Crippen LogP contribution in [-0.2, 0) is 22.4 Å². The van der Waals surface area contributed by atoms with Crippen LogP contribution in [0.2, 0.25) is 0 Å². The number of hydrogen-bond donors (Lipinski definition) is 2. The van der Waals surface area contributed by atoms with Crippen LogP contribution in [0.5, 0.6) is 0 Å². The van der Waals surface area contributed by atoms with Crippen molar-refractivity contribution >= 4 is 44.8 Å². The van der Waals surface area contributed by atoms with Gasteiger partial charge in [0.25, 0.3) is 0 Å². The molecule has 0 unspecified atom stereocenters. The molecule has 11 nitrogen and oxygen atoms in total. The number of carbonyl (C=O) groups excluding carboxylic acids is 2. The molecule has 4 aromatic heterocycles. The minimum absolute atomic E-state index is 0.0800. The fraction of sp³-hybridized carbons (Fsp3) is 0.296. The van der Waals surface area contributed by atoms with Gasteiger partial charge >= 0.3 is 0 Å². The van der Waals surface area contributed by atoms with Gasteiger partial charge in [-0.25, -0.2) is 0 Å². The van der Waals surface area contributed by atoms with Crippen molar-refractivity contribution < 1.29 is 9.59 Å². The number of hydrogen-bond acceptors (Lipinski definition) is 11. The van der Waals surface area contributed by atoms with Crippen molar-refractivity contribution in [1.29, 1.82) is 5.26 Å². The maximum absolute atomic E-state index is 12.5. The summed E-state index contributed by atoms with van der Waals surface area (Å²) in [5.41, 5.74) is 2.30. The summed E-state index contributed by atoms with van der Waals surface area (Å²) in [6, 6.07) is 8.78. The van der Waals surface area contributed by atoms with Crippen molar-refractivity contribution in [2.45, 2.75) is 50.4 Å². The first kappa shape index (κ1) is 27.0. The van der Waals surface area contributed by atoms with Crippen LogP contribution in [0.15, 0.2) is 36.7 Å². The molecule has 0 spiro atoms. The van der Waals surface area contributed by atoms with Crippen molar-refractivity contribution in [3.05, 3.63) is 69.2 Å². The molecule has 2 atom stereocenters. The molecule has 0 aromatic carbocycles. The number of terminal acetylenes is 1.